The van der Waals surface area contributed by atoms with Crippen molar-refractivity contribution in [3.05, 3.63) is 46.6 Å². The standard InChI is InChI=1S/C14H15FN2O3/c1-7(13-8(2)17-20-9(13)3)16-10-4-5-11(14(18)19)12(15)6-10/h4-7,16H,1-3H3,(H,18,19). The van der Waals surface area contributed by atoms with Crippen LogP contribution in [0.2, 0.25) is 0 Å². The first-order chi connectivity index (χ1) is 9.40. The zero-order chi connectivity index (χ0) is 14.9. The number of anilines is 1. The fourth-order valence-corrected chi connectivity index (χ4v) is 2.21. The Morgan fingerprint density at radius 2 is 2.15 bits per heavy atom. The molecule has 1 unspecified atom stereocenters. The van der Waals surface area contributed by atoms with Gasteiger partial charge in [0.25, 0.3) is 0 Å². The smallest absolute Gasteiger partial charge is 0.338 e. The SMILES string of the molecule is Cc1noc(C)c1C(C)Nc1ccc(C(=O)O)c(F)c1. The van der Waals surface area contributed by atoms with Gasteiger partial charge in [-0.15, -0.1) is 0 Å². The number of aromatic carboxylic acids is 1. The molecular weight excluding hydrogens is 263 g/mol. The molecule has 2 aromatic rings. The first-order valence-corrected chi connectivity index (χ1v) is 6.12. The van der Waals surface area contributed by atoms with Crippen LogP contribution in [0, 0.1) is 19.7 Å². The van der Waals surface area contributed by atoms with Gasteiger partial charge in [-0.05, 0) is 39.0 Å². The lowest BCUT2D eigenvalue weighted by atomic mass is 10.1. The van der Waals surface area contributed by atoms with Crippen LogP contribution in [-0.4, -0.2) is 16.2 Å². The summed E-state index contributed by atoms with van der Waals surface area (Å²) in [4.78, 5) is 10.8. The van der Waals surface area contributed by atoms with Crippen LogP contribution in [0.1, 0.15) is 40.3 Å². The molecule has 1 heterocycles. The summed E-state index contributed by atoms with van der Waals surface area (Å²) >= 11 is 0. The highest BCUT2D eigenvalue weighted by molar-refractivity contribution is 5.88. The van der Waals surface area contributed by atoms with E-state index >= 15 is 0 Å². The van der Waals surface area contributed by atoms with Gasteiger partial charge >= 0.3 is 5.97 Å². The van der Waals surface area contributed by atoms with Crippen molar-refractivity contribution < 1.29 is 18.8 Å². The summed E-state index contributed by atoms with van der Waals surface area (Å²) < 4.78 is 18.7. The maximum absolute atomic E-state index is 13.6. The van der Waals surface area contributed by atoms with Gasteiger partial charge in [-0.1, -0.05) is 5.16 Å². The number of carboxylic acids is 1. The van der Waals surface area contributed by atoms with E-state index in [9.17, 15) is 9.18 Å². The Bertz CT molecular complexity index is 632. The number of aromatic nitrogens is 1. The van der Waals surface area contributed by atoms with E-state index in [4.69, 9.17) is 9.63 Å². The molecule has 0 amide bonds. The van der Waals surface area contributed by atoms with Crippen LogP contribution in [0.4, 0.5) is 10.1 Å². The molecule has 0 saturated heterocycles. The van der Waals surface area contributed by atoms with Crippen LogP contribution in [0.3, 0.4) is 0 Å². The van der Waals surface area contributed by atoms with E-state index in [0.29, 0.717) is 11.4 Å². The van der Waals surface area contributed by atoms with Crippen molar-refractivity contribution in [2.75, 3.05) is 5.32 Å². The molecule has 0 aliphatic rings. The molecular formula is C14H15FN2O3. The molecule has 0 bridgehead atoms. The third-order valence-corrected chi connectivity index (χ3v) is 3.10. The number of aryl methyl sites for hydroxylation is 2. The van der Waals surface area contributed by atoms with E-state index in [1.165, 1.54) is 12.1 Å². The Balaban J connectivity index is 2.22. The number of nitrogens with zero attached hydrogens (tertiary/aromatic N) is 1. The molecule has 20 heavy (non-hydrogen) atoms. The molecule has 5 nitrogen and oxygen atoms in total. The molecule has 1 atom stereocenters. The second-order valence-electron chi connectivity index (χ2n) is 4.60. The number of rotatable bonds is 4. The van der Waals surface area contributed by atoms with Gasteiger partial charge in [0.2, 0.25) is 0 Å². The lowest BCUT2D eigenvalue weighted by molar-refractivity contribution is 0.0692. The molecule has 106 valence electrons. The number of carboxylic acid groups (broad SMARTS) is 1. The minimum absolute atomic E-state index is 0.128. The second-order valence-corrected chi connectivity index (χ2v) is 4.60. The molecule has 1 aromatic carbocycles. The minimum Gasteiger partial charge on any atom is -0.478 e. The number of carbonyl (C=O) groups is 1. The van der Waals surface area contributed by atoms with Gasteiger partial charge in [0.1, 0.15) is 11.6 Å². The van der Waals surface area contributed by atoms with Crippen molar-refractivity contribution >= 4 is 11.7 Å². The van der Waals surface area contributed by atoms with Gasteiger partial charge in [0.05, 0.1) is 17.3 Å². The molecule has 2 rings (SSSR count). The van der Waals surface area contributed by atoms with Gasteiger partial charge in [-0.3, -0.25) is 0 Å². The van der Waals surface area contributed by atoms with Crippen molar-refractivity contribution in [1.82, 2.24) is 5.16 Å². The predicted octanol–water partition coefficient (Wildman–Crippen LogP) is 3.30. The summed E-state index contributed by atoms with van der Waals surface area (Å²) in [5.74, 6) is -1.36. The highest BCUT2D eigenvalue weighted by Crippen LogP contribution is 2.25. The fraction of sp³-hybridized carbons (Fsp3) is 0.286. The van der Waals surface area contributed by atoms with Crippen molar-refractivity contribution in [2.45, 2.75) is 26.8 Å². The molecule has 0 radical (unpaired) electrons. The van der Waals surface area contributed by atoms with E-state index in [1.807, 2.05) is 20.8 Å². The molecule has 0 spiro atoms. The quantitative estimate of drug-likeness (QED) is 0.897. The van der Waals surface area contributed by atoms with Gasteiger partial charge in [-0.2, -0.15) is 0 Å². The topological polar surface area (TPSA) is 75.4 Å². The van der Waals surface area contributed by atoms with Crippen LogP contribution >= 0.6 is 0 Å². The number of hydrogen-bond donors (Lipinski definition) is 2. The molecule has 1 aromatic heterocycles. The highest BCUT2D eigenvalue weighted by Gasteiger charge is 2.17. The van der Waals surface area contributed by atoms with Gasteiger partial charge in [-0.25, -0.2) is 9.18 Å². The van der Waals surface area contributed by atoms with Gasteiger partial charge < -0.3 is 14.9 Å². The summed E-state index contributed by atoms with van der Waals surface area (Å²) in [5.41, 5.74) is 1.83. The largest absolute Gasteiger partial charge is 0.478 e. The third kappa shape index (κ3) is 2.64. The van der Waals surface area contributed by atoms with E-state index in [2.05, 4.69) is 10.5 Å². The number of benzene rings is 1. The molecule has 0 aliphatic carbocycles. The van der Waals surface area contributed by atoms with Crippen molar-refractivity contribution in [2.24, 2.45) is 0 Å². The number of halogens is 1. The predicted molar refractivity (Wildman–Crippen MR) is 71.4 cm³/mol. The van der Waals surface area contributed by atoms with Gasteiger partial charge in [0, 0.05) is 11.3 Å². The van der Waals surface area contributed by atoms with Crippen LogP contribution in [0.25, 0.3) is 0 Å². The van der Waals surface area contributed by atoms with Crippen LogP contribution < -0.4 is 5.32 Å². The average molecular weight is 278 g/mol. The number of nitrogens with one attached hydrogen (secondary N) is 1. The highest BCUT2D eigenvalue weighted by atomic mass is 19.1. The summed E-state index contributed by atoms with van der Waals surface area (Å²) in [7, 11) is 0. The fourth-order valence-electron chi connectivity index (χ4n) is 2.21. The Morgan fingerprint density at radius 1 is 1.45 bits per heavy atom. The first kappa shape index (κ1) is 14.0. The average Bonchev–Trinajstić information content (AvgIpc) is 2.68. The summed E-state index contributed by atoms with van der Waals surface area (Å²) in [6, 6.07) is 3.80. The monoisotopic (exact) mass is 278 g/mol. The Morgan fingerprint density at radius 3 is 2.65 bits per heavy atom. The van der Waals surface area contributed by atoms with E-state index in [0.717, 1.165) is 17.3 Å². The van der Waals surface area contributed by atoms with Crippen LogP contribution in [-0.2, 0) is 0 Å². The molecule has 0 saturated carbocycles. The lowest BCUT2D eigenvalue weighted by Crippen LogP contribution is -2.09. The molecule has 2 N–H and O–H groups in total. The normalized spacial score (nSPS) is 12.2. The van der Waals surface area contributed by atoms with E-state index in [1.54, 1.807) is 0 Å². The van der Waals surface area contributed by atoms with Crippen LogP contribution in [0.5, 0.6) is 0 Å². The first-order valence-electron chi connectivity index (χ1n) is 6.12. The summed E-state index contributed by atoms with van der Waals surface area (Å²) in [6.07, 6.45) is 0. The maximum Gasteiger partial charge on any atom is 0.338 e. The van der Waals surface area contributed by atoms with Crippen molar-refractivity contribution in [3.63, 3.8) is 0 Å². The Hall–Kier alpha value is -2.37. The molecule has 0 aliphatic heterocycles. The minimum atomic E-state index is -1.28. The zero-order valence-corrected chi connectivity index (χ0v) is 11.4. The summed E-state index contributed by atoms with van der Waals surface area (Å²) in [6.45, 7) is 5.54. The molecule has 6 heteroatoms. The van der Waals surface area contributed by atoms with E-state index in [-0.39, 0.29) is 11.6 Å². The lowest BCUT2D eigenvalue weighted by Gasteiger charge is -2.15. The van der Waals surface area contributed by atoms with Crippen LogP contribution in [0.15, 0.2) is 22.7 Å². The maximum atomic E-state index is 13.6. The second kappa shape index (κ2) is 5.32. The Labute approximate surface area is 115 Å². The zero-order valence-electron chi connectivity index (χ0n) is 11.4. The van der Waals surface area contributed by atoms with Gasteiger partial charge in [0.15, 0.2) is 0 Å². The summed E-state index contributed by atoms with van der Waals surface area (Å²) in [5, 5.41) is 15.7. The third-order valence-electron chi connectivity index (χ3n) is 3.10. The van der Waals surface area contributed by atoms with Crippen molar-refractivity contribution in [1.29, 1.82) is 0 Å². The van der Waals surface area contributed by atoms with E-state index < -0.39 is 11.8 Å². The molecule has 0 fully saturated rings. The van der Waals surface area contributed by atoms with Crippen molar-refractivity contribution in [3.8, 4) is 0 Å². The number of hydrogen-bond acceptors (Lipinski definition) is 4. The Kier molecular flexibility index (Phi) is 3.74.